The monoisotopic (exact) mass is 273 g/mol. The summed E-state index contributed by atoms with van der Waals surface area (Å²) in [5, 5.41) is 9.67. The molecule has 1 aromatic rings. The number of phenolic OH excluding ortho intramolecular Hbond substituents is 1. The quantitative estimate of drug-likeness (QED) is 0.890. The van der Waals surface area contributed by atoms with Crippen LogP contribution in [0, 0.1) is 5.82 Å². The second kappa shape index (κ2) is 3.76. The number of halogens is 2. The molecule has 82 valence electrons. The highest BCUT2D eigenvalue weighted by Crippen LogP contribution is 2.38. The van der Waals surface area contributed by atoms with Gasteiger partial charge >= 0.3 is 0 Å². The molecule has 1 aliphatic carbocycles. The van der Waals surface area contributed by atoms with Crippen molar-refractivity contribution in [2.75, 3.05) is 0 Å². The van der Waals surface area contributed by atoms with Crippen LogP contribution in [-0.4, -0.2) is 10.6 Å². The molecule has 2 rings (SSSR count). The van der Waals surface area contributed by atoms with Crippen LogP contribution < -0.4 is 5.73 Å². The number of rotatable bonds is 3. The van der Waals surface area contributed by atoms with Gasteiger partial charge in [-0.2, -0.15) is 0 Å². The Morgan fingerprint density at radius 2 is 2.13 bits per heavy atom. The molecule has 4 heteroatoms. The Balaban J connectivity index is 2.16. The second-order valence-corrected chi connectivity index (χ2v) is 5.07. The van der Waals surface area contributed by atoms with Gasteiger partial charge in [0.2, 0.25) is 0 Å². The van der Waals surface area contributed by atoms with Gasteiger partial charge in [0.05, 0.1) is 4.47 Å². The van der Waals surface area contributed by atoms with Gasteiger partial charge in [-0.05, 0) is 53.7 Å². The Labute approximate surface area is 96.4 Å². The zero-order valence-electron chi connectivity index (χ0n) is 8.26. The molecule has 0 radical (unpaired) electrons. The number of aromatic hydroxyl groups is 1. The lowest BCUT2D eigenvalue weighted by molar-refractivity contribution is 0.450. The highest BCUT2D eigenvalue weighted by atomic mass is 79.9. The SMILES string of the molecule is NC1(CCc2c(F)ccc(Br)c2O)CC1. The van der Waals surface area contributed by atoms with Crippen molar-refractivity contribution in [3.63, 3.8) is 0 Å². The lowest BCUT2D eigenvalue weighted by Crippen LogP contribution is -2.22. The minimum Gasteiger partial charge on any atom is -0.506 e. The fourth-order valence-corrected chi connectivity index (χ4v) is 1.98. The molecule has 2 nitrogen and oxygen atoms in total. The van der Waals surface area contributed by atoms with Crippen LogP contribution in [0.15, 0.2) is 16.6 Å². The van der Waals surface area contributed by atoms with Crippen LogP contribution in [0.3, 0.4) is 0 Å². The Kier molecular flexibility index (Phi) is 2.73. The summed E-state index contributed by atoms with van der Waals surface area (Å²) in [7, 11) is 0. The molecular formula is C11H13BrFNO. The minimum absolute atomic E-state index is 0.000694. The lowest BCUT2D eigenvalue weighted by atomic mass is 10.0. The average Bonchev–Trinajstić information content (AvgIpc) is 2.91. The van der Waals surface area contributed by atoms with E-state index in [9.17, 15) is 9.50 Å². The molecule has 1 aromatic carbocycles. The number of phenols is 1. The molecule has 0 bridgehead atoms. The molecule has 0 unspecified atom stereocenters. The van der Waals surface area contributed by atoms with Crippen molar-refractivity contribution in [3.8, 4) is 5.75 Å². The second-order valence-electron chi connectivity index (χ2n) is 4.22. The molecule has 15 heavy (non-hydrogen) atoms. The normalized spacial score (nSPS) is 17.8. The zero-order valence-corrected chi connectivity index (χ0v) is 9.85. The van der Waals surface area contributed by atoms with Crippen molar-refractivity contribution in [1.29, 1.82) is 0 Å². The van der Waals surface area contributed by atoms with E-state index in [-0.39, 0.29) is 17.1 Å². The van der Waals surface area contributed by atoms with Gasteiger partial charge in [-0.25, -0.2) is 4.39 Å². The molecule has 1 saturated carbocycles. The third-order valence-electron chi connectivity index (χ3n) is 2.94. The van der Waals surface area contributed by atoms with Gasteiger partial charge in [0.15, 0.2) is 0 Å². The van der Waals surface area contributed by atoms with Gasteiger partial charge < -0.3 is 10.8 Å². The maximum Gasteiger partial charge on any atom is 0.135 e. The third-order valence-corrected chi connectivity index (χ3v) is 3.58. The highest BCUT2D eigenvalue weighted by Gasteiger charge is 2.37. The highest BCUT2D eigenvalue weighted by molar-refractivity contribution is 9.10. The summed E-state index contributed by atoms with van der Waals surface area (Å²) in [6, 6.07) is 2.86. The summed E-state index contributed by atoms with van der Waals surface area (Å²) >= 11 is 3.17. The Hall–Kier alpha value is -0.610. The summed E-state index contributed by atoms with van der Waals surface area (Å²) in [4.78, 5) is 0. The van der Waals surface area contributed by atoms with Gasteiger partial charge in [-0.15, -0.1) is 0 Å². The number of benzene rings is 1. The standard InChI is InChI=1S/C11H13BrFNO/c12-8-1-2-9(13)7(10(8)15)3-4-11(14)5-6-11/h1-2,15H,3-6,14H2. The molecule has 0 heterocycles. The Morgan fingerprint density at radius 1 is 1.47 bits per heavy atom. The van der Waals surface area contributed by atoms with E-state index < -0.39 is 0 Å². The summed E-state index contributed by atoms with van der Waals surface area (Å²) in [5.74, 6) is -0.362. The summed E-state index contributed by atoms with van der Waals surface area (Å²) in [6.07, 6.45) is 3.23. The average molecular weight is 274 g/mol. The first kappa shape index (κ1) is 10.9. The van der Waals surface area contributed by atoms with Crippen molar-refractivity contribution in [2.24, 2.45) is 5.73 Å². The number of nitrogens with two attached hydrogens (primary N) is 1. The first-order valence-electron chi connectivity index (χ1n) is 4.97. The van der Waals surface area contributed by atoms with Gasteiger partial charge in [-0.1, -0.05) is 0 Å². The van der Waals surface area contributed by atoms with Crippen LogP contribution in [0.5, 0.6) is 5.75 Å². The maximum atomic E-state index is 13.4. The topological polar surface area (TPSA) is 46.2 Å². The predicted octanol–water partition coefficient (Wildman–Crippen LogP) is 2.72. The number of hydrogen-bond donors (Lipinski definition) is 2. The van der Waals surface area contributed by atoms with E-state index in [1.165, 1.54) is 12.1 Å². The van der Waals surface area contributed by atoms with Crippen molar-refractivity contribution in [3.05, 3.63) is 28.0 Å². The van der Waals surface area contributed by atoms with Crippen LogP contribution in [0.1, 0.15) is 24.8 Å². The molecule has 0 amide bonds. The minimum atomic E-state index is -0.361. The third kappa shape index (κ3) is 2.32. The van der Waals surface area contributed by atoms with Gasteiger partial charge in [0.25, 0.3) is 0 Å². The fraction of sp³-hybridized carbons (Fsp3) is 0.455. The molecule has 0 atom stereocenters. The summed E-state index contributed by atoms with van der Waals surface area (Å²) < 4.78 is 13.9. The van der Waals surface area contributed by atoms with Crippen molar-refractivity contribution in [2.45, 2.75) is 31.2 Å². The van der Waals surface area contributed by atoms with E-state index in [0.29, 0.717) is 16.5 Å². The van der Waals surface area contributed by atoms with E-state index in [2.05, 4.69) is 15.9 Å². The zero-order chi connectivity index (χ0) is 11.1. The van der Waals surface area contributed by atoms with E-state index in [1.54, 1.807) is 0 Å². The van der Waals surface area contributed by atoms with Crippen molar-refractivity contribution in [1.82, 2.24) is 0 Å². The molecule has 1 aliphatic rings. The van der Waals surface area contributed by atoms with Crippen molar-refractivity contribution < 1.29 is 9.50 Å². The molecule has 3 N–H and O–H groups in total. The van der Waals surface area contributed by atoms with E-state index in [1.807, 2.05) is 0 Å². The van der Waals surface area contributed by atoms with Crippen molar-refractivity contribution >= 4 is 15.9 Å². The molecule has 0 saturated heterocycles. The first-order valence-corrected chi connectivity index (χ1v) is 5.76. The van der Waals surface area contributed by atoms with Gasteiger partial charge in [0.1, 0.15) is 11.6 Å². The van der Waals surface area contributed by atoms with E-state index in [4.69, 9.17) is 5.73 Å². The summed E-state index contributed by atoms with van der Waals surface area (Å²) in [6.45, 7) is 0. The molecule has 0 aromatic heterocycles. The molecule has 0 aliphatic heterocycles. The van der Waals surface area contributed by atoms with Crippen LogP contribution in [0.25, 0.3) is 0 Å². The molecular weight excluding hydrogens is 261 g/mol. The predicted molar refractivity (Wildman–Crippen MR) is 60.2 cm³/mol. The van der Waals surface area contributed by atoms with Crippen LogP contribution in [0.2, 0.25) is 0 Å². The van der Waals surface area contributed by atoms with Gasteiger partial charge in [-0.3, -0.25) is 0 Å². The van der Waals surface area contributed by atoms with E-state index in [0.717, 1.165) is 19.3 Å². The van der Waals surface area contributed by atoms with Crippen LogP contribution in [0.4, 0.5) is 4.39 Å². The van der Waals surface area contributed by atoms with Crippen LogP contribution >= 0.6 is 15.9 Å². The molecule has 1 fully saturated rings. The molecule has 0 spiro atoms. The lowest BCUT2D eigenvalue weighted by Gasteiger charge is -2.11. The fourth-order valence-electron chi connectivity index (χ4n) is 1.61. The van der Waals surface area contributed by atoms with Gasteiger partial charge in [0, 0.05) is 11.1 Å². The Morgan fingerprint density at radius 3 is 2.73 bits per heavy atom. The summed E-state index contributed by atoms with van der Waals surface area (Å²) in [5.41, 5.74) is 6.17. The Bertz CT molecular complexity index is 390. The largest absolute Gasteiger partial charge is 0.506 e. The van der Waals surface area contributed by atoms with E-state index >= 15 is 0 Å². The number of hydrogen-bond acceptors (Lipinski definition) is 2. The smallest absolute Gasteiger partial charge is 0.135 e. The van der Waals surface area contributed by atoms with Crippen LogP contribution in [-0.2, 0) is 6.42 Å². The first-order chi connectivity index (χ1) is 7.02. The maximum absolute atomic E-state index is 13.4.